The van der Waals surface area contributed by atoms with E-state index in [0.717, 1.165) is 22.9 Å². The fourth-order valence-corrected chi connectivity index (χ4v) is 3.27. The summed E-state index contributed by atoms with van der Waals surface area (Å²) in [5.41, 5.74) is 1.72. The van der Waals surface area contributed by atoms with Crippen molar-refractivity contribution in [2.45, 2.75) is 19.3 Å². The molecule has 2 aromatic heterocycles. The summed E-state index contributed by atoms with van der Waals surface area (Å²) in [6.07, 6.45) is -2.38. The number of hydrogen-bond acceptors (Lipinski definition) is 6. The Labute approximate surface area is 198 Å². The molecule has 0 amide bonds. The van der Waals surface area contributed by atoms with Gasteiger partial charge in [-0.25, -0.2) is 9.37 Å². The Hall–Kier alpha value is -4.21. The summed E-state index contributed by atoms with van der Waals surface area (Å²) in [4.78, 5) is 12.0. The van der Waals surface area contributed by atoms with Gasteiger partial charge in [0.15, 0.2) is 0 Å². The molecule has 0 radical (unpaired) electrons. The van der Waals surface area contributed by atoms with Gasteiger partial charge in [-0.3, -0.25) is 4.98 Å². The SMILES string of the molecule is COc1ccc(F)cc1COc1nc(NCc2ccc(-c3ccccn3)cc2)ncc1C(F)(F)F. The highest BCUT2D eigenvalue weighted by Gasteiger charge is 2.36. The Morgan fingerprint density at radius 1 is 0.971 bits per heavy atom. The van der Waals surface area contributed by atoms with Crippen molar-refractivity contribution in [3.63, 3.8) is 0 Å². The number of aromatic nitrogens is 3. The lowest BCUT2D eigenvalue weighted by molar-refractivity contribution is -0.139. The zero-order valence-corrected chi connectivity index (χ0v) is 18.5. The molecule has 1 N–H and O–H groups in total. The third-order valence-electron chi connectivity index (χ3n) is 5.03. The van der Waals surface area contributed by atoms with Crippen molar-refractivity contribution in [1.29, 1.82) is 0 Å². The summed E-state index contributed by atoms with van der Waals surface area (Å²) in [7, 11) is 1.37. The van der Waals surface area contributed by atoms with Crippen LogP contribution in [0.25, 0.3) is 11.3 Å². The largest absolute Gasteiger partial charge is 0.496 e. The van der Waals surface area contributed by atoms with Gasteiger partial charge in [-0.2, -0.15) is 18.2 Å². The first kappa shape index (κ1) is 23.9. The molecule has 4 aromatic rings. The maximum Gasteiger partial charge on any atom is 0.423 e. The summed E-state index contributed by atoms with van der Waals surface area (Å²) in [5, 5.41) is 2.90. The predicted octanol–water partition coefficient (Wildman–Crippen LogP) is 5.90. The van der Waals surface area contributed by atoms with Crippen LogP contribution in [0, 0.1) is 5.82 Å². The maximum absolute atomic E-state index is 13.6. The Morgan fingerprint density at radius 3 is 2.46 bits per heavy atom. The van der Waals surface area contributed by atoms with Crippen LogP contribution in [-0.4, -0.2) is 22.1 Å². The minimum Gasteiger partial charge on any atom is -0.496 e. The number of rotatable bonds is 8. The molecule has 6 nitrogen and oxygen atoms in total. The number of halogens is 4. The van der Waals surface area contributed by atoms with Crippen molar-refractivity contribution >= 4 is 5.95 Å². The molecular weight excluding hydrogens is 464 g/mol. The zero-order chi connectivity index (χ0) is 24.8. The van der Waals surface area contributed by atoms with Crippen LogP contribution < -0.4 is 14.8 Å². The molecule has 0 bridgehead atoms. The molecule has 0 spiro atoms. The first-order chi connectivity index (χ1) is 16.8. The number of anilines is 1. The van der Waals surface area contributed by atoms with Crippen molar-refractivity contribution in [2.24, 2.45) is 0 Å². The van der Waals surface area contributed by atoms with Crippen molar-refractivity contribution in [3.8, 4) is 22.9 Å². The fourth-order valence-electron chi connectivity index (χ4n) is 3.27. The predicted molar refractivity (Wildman–Crippen MR) is 121 cm³/mol. The van der Waals surface area contributed by atoms with Crippen LogP contribution in [0.5, 0.6) is 11.6 Å². The normalized spacial score (nSPS) is 11.2. The molecule has 0 fully saturated rings. The highest BCUT2D eigenvalue weighted by Crippen LogP contribution is 2.35. The van der Waals surface area contributed by atoms with Crippen molar-refractivity contribution < 1.29 is 27.0 Å². The van der Waals surface area contributed by atoms with Crippen molar-refractivity contribution in [2.75, 3.05) is 12.4 Å². The highest BCUT2D eigenvalue weighted by atomic mass is 19.4. The minimum absolute atomic E-state index is 0.0481. The Balaban J connectivity index is 1.49. The number of methoxy groups -OCH3 is 1. The lowest BCUT2D eigenvalue weighted by Crippen LogP contribution is -2.13. The van der Waals surface area contributed by atoms with Crippen LogP contribution >= 0.6 is 0 Å². The van der Waals surface area contributed by atoms with Gasteiger partial charge in [0.25, 0.3) is 0 Å². The topological polar surface area (TPSA) is 69.2 Å². The van der Waals surface area contributed by atoms with E-state index in [0.29, 0.717) is 6.20 Å². The number of hydrogen-bond donors (Lipinski definition) is 1. The Kier molecular flexibility index (Phi) is 7.09. The maximum atomic E-state index is 13.6. The molecule has 0 aliphatic carbocycles. The van der Waals surface area contributed by atoms with E-state index in [9.17, 15) is 17.6 Å². The van der Waals surface area contributed by atoms with Crippen molar-refractivity contribution in [3.05, 3.63) is 95.6 Å². The van der Waals surface area contributed by atoms with Gasteiger partial charge >= 0.3 is 6.18 Å². The molecule has 0 saturated heterocycles. The minimum atomic E-state index is -4.73. The third kappa shape index (κ3) is 6.03. The second-order valence-corrected chi connectivity index (χ2v) is 7.42. The standard InChI is InChI=1S/C25H20F4N4O2/c1-34-22-10-9-19(26)12-18(22)15-35-23-20(25(27,28)29)14-32-24(33-23)31-13-16-5-7-17(8-6-16)21-4-2-3-11-30-21/h2-12,14H,13,15H2,1H3,(H,31,32,33). The molecule has 0 unspecified atom stereocenters. The molecular formula is C25H20F4N4O2. The van der Waals surface area contributed by atoms with Crippen LogP contribution in [0.2, 0.25) is 0 Å². The third-order valence-corrected chi connectivity index (χ3v) is 5.03. The van der Waals surface area contributed by atoms with Crippen LogP contribution in [0.1, 0.15) is 16.7 Å². The first-order valence-electron chi connectivity index (χ1n) is 10.5. The number of nitrogens with one attached hydrogen (secondary N) is 1. The Morgan fingerprint density at radius 2 is 1.77 bits per heavy atom. The molecule has 180 valence electrons. The van der Waals surface area contributed by atoms with E-state index in [4.69, 9.17) is 9.47 Å². The zero-order valence-electron chi connectivity index (χ0n) is 18.5. The van der Waals surface area contributed by atoms with Crippen LogP contribution in [-0.2, 0) is 19.3 Å². The van der Waals surface area contributed by atoms with E-state index in [2.05, 4.69) is 20.3 Å². The van der Waals surface area contributed by atoms with Gasteiger partial charge in [-0.05, 0) is 35.9 Å². The number of ether oxygens (including phenoxy) is 2. The number of pyridine rings is 1. The van der Waals surface area contributed by atoms with Gasteiger partial charge in [0.2, 0.25) is 11.8 Å². The van der Waals surface area contributed by atoms with Gasteiger partial charge in [0.05, 0.1) is 12.8 Å². The van der Waals surface area contributed by atoms with Crippen LogP contribution in [0.15, 0.2) is 73.1 Å². The Bertz CT molecular complexity index is 1280. The van der Waals surface area contributed by atoms with E-state index in [1.54, 1.807) is 6.20 Å². The van der Waals surface area contributed by atoms with Gasteiger partial charge in [0, 0.05) is 30.1 Å². The summed E-state index contributed by atoms with van der Waals surface area (Å²) < 4.78 is 64.5. The molecule has 0 aliphatic rings. The quantitative estimate of drug-likeness (QED) is 0.314. The summed E-state index contributed by atoms with van der Waals surface area (Å²) in [6.45, 7) is -0.111. The second-order valence-electron chi connectivity index (χ2n) is 7.42. The highest BCUT2D eigenvalue weighted by molar-refractivity contribution is 5.59. The molecule has 35 heavy (non-hydrogen) atoms. The molecule has 2 heterocycles. The molecule has 10 heteroatoms. The van der Waals surface area contributed by atoms with Crippen LogP contribution in [0.4, 0.5) is 23.5 Å². The molecule has 0 saturated carbocycles. The lowest BCUT2D eigenvalue weighted by atomic mass is 10.1. The average Bonchev–Trinajstić information content (AvgIpc) is 2.86. The number of benzene rings is 2. The smallest absolute Gasteiger partial charge is 0.423 e. The van der Waals surface area contributed by atoms with E-state index >= 15 is 0 Å². The lowest BCUT2D eigenvalue weighted by Gasteiger charge is -2.15. The van der Waals surface area contributed by atoms with E-state index < -0.39 is 23.4 Å². The molecule has 2 aromatic carbocycles. The van der Waals surface area contributed by atoms with Gasteiger partial charge in [0.1, 0.15) is 23.7 Å². The van der Waals surface area contributed by atoms with E-state index in [-0.39, 0.29) is 30.4 Å². The number of nitrogens with zero attached hydrogens (tertiary/aromatic N) is 3. The molecule has 0 atom stereocenters. The summed E-state index contributed by atoms with van der Waals surface area (Å²) in [6, 6.07) is 16.8. The van der Waals surface area contributed by atoms with Gasteiger partial charge in [-0.1, -0.05) is 30.3 Å². The first-order valence-corrected chi connectivity index (χ1v) is 10.5. The number of alkyl halides is 3. The van der Waals surface area contributed by atoms with Gasteiger partial charge < -0.3 is 14.8 Å². The summed E-state index contributed by atoms with van der Waals surface area (Å²) >= 11 is 0. The average molecular weight is 484 g/mol. The molecule has 4 rings (SSSR count). The van der Waals surface area contributed by atoms with Crippen LogP contribution in [0.3, 0.4) is 0 Å². The molecule has 0 aliphatic heterocycles. The van der Waals surface area contributed by atoms with E-state index in [1.807, 2.05) is 42.5 Å². The van der Waals surface area contributed by atoms with Gasteiger partial charge in [-0.15, -0.1) is 0 Å². The van der Waals surface area contributed by atoms with E-state index in [1.165, 1.54) is 19.2 Å². The fraction of sp³-hybridized carbons (Fsp3) is 0.160. The summed E-state index contributed by atoms with van der Waals surface area (Å²) in [5.74, 6) is -1.01. The monoisotopic (exact) mass is 484 g/mol. The second kappa shape index (κ2) is 10.4. The van der Waals surface area contributed by atoms with Crippen molar-refractivity contribution in [1.82, 2.24) is 15.0 Å².